The minimum absolute atomic E-state index is 0.679. The molecule has 0 saturated carbocycles. The van der Waals surface area contributed by atoms with Crippen molar-refractivity contribution in [2.75, 3.05) is 6.54 Å². The summed E-state index contributed by atoms with van der Waals surface area (Å²) in [6.45, 7) is 0.679. The summed E-state index contributed by atoms with van der Waals surface area (Å²) in [4.78, 5) is 2.54. The molecule has 88 valence electrons. The zero-order valence-electron chi connectivity index (χ0n) is 9.40. The Morgan fingerprint density at radius 2 is 1.82 bits per heavy atom. The van der Waals surface area contributed by atoms with Gasteiger partial charge < -0.3 is 5.73 Å². The fourth-order valence-electron chi connectivity index (χ4n) is 1.61. The van der Waals surface area contributed by atoms with Gasteiger partial charge in [0.05, 0.1) is 0 Å². The zero-order chi connectivity index (χ0) is 12.1. The minimum Gasteiger partial charge on any atom is -0.330 e. The largest absolute Gasteiger partial charge is 0.330 e. The maximum Gasteiger partial charge on any atom is 0.0178 e. The lowest BCUT2D eigenvalue weighted by molar-refractivity contribution is 0.943. The van der Waals surface area contributed by atoms with E-state index < -0.39 is 0 Å². The van der Waals surface area contributed by atoms with Crippen LogP contribution in [-0.2, 0) is 6.42 Å². The lowest BCUT2D eigenvalue weighted by atomic mass is 10.1. The van der Waals surface area contributed by atoms with Gasteiger partial charge in [-0.1, -0.05) is 45.9 Å². The van der Waals surface area contributed by atoms with Crippen LogP contribution in [0.1, 0.15) is 5.56 Å². The van der Waals surface area contributed by atoms with Crippen LogP contribution in [-0.4, -0.2) is 6.54 Å². The molecule has 0 heterocycles. The summed E-state index contributed by atoms with van der Waals surface area (Å²) < 4.78 is 1.11. The molecule has 0 radical (unpaired) electrons. The van der Waals surface area contributed by atoms with Crippen molar-refractivity contribution in [3.63, 3.8) is 0 Å². The summed E-state index contributed by atoms with van der Waals surface area (Å²) >= 11 is 5.29. The number of benzene rings is 2. The molecule has 0 saturated heterocycles. The van der Waals surface area contributed by atoms with Crippen molar-refractivity contribution in [2.45, 2.75) is 16.2 Å². The molecule has 1 nitrogen and oxygen atoms in total. The second-order valence-electron chi connectivity index (χ2n) is 3.71. The van der Waals surface area contributed by atoms with Gasteiger partial charge >= 0.3 is 0 Å². The average Bonchev–Trinajstić information content (AvgIpc) is 2.34. The summed E-state index contributed by atoms with van der Waals surface area (Å²) in [5.41, 5.74) is 6.95. The Bertz CT molecular complexity index is 485. The van der Waals surface area contributed by atoms with Crippen molar-refractivity contribution in [2.24, 2.45) is 5.73 Å². The number of nitrogens with two attached hydrogens (primary N) is 1. The summed E-state index contributed by atoms with van der Waals surface area (Å²) in [5, 5.41) is 0. The van der Waals surface area contributed by atoms with E-state index in [2.05, 4.69) is 58.4 Å². The first-order valence-electron chi connectivity index (χ1n) is 5.51. The fraction of sp³-hybridized carbons (Fsp3) is 0.143. The third-order valence-electron chi connectivity index (χ3n) is 2.41. The number of rotatable bonds is 4. The molecule has 0 unspecified atom stereocenters. The van der Waals surface area contributed by atoms with Gasteiger partial charge in [-0.15, -0.1) is 0 Å². The van der Waals surface area contributed by atoms with Gasteiger partial charge in [0.2, 0.25) is 0 Å². The van der Waals surface area contributed by atoms with Crippen molar-refractivity contribution in [3.05, 3.63) is 58.6 Å². The first-order chi connectivity index (χ1) is 8.29. The molecule has 3 heteroatoms. The maximum absolute atomic E-state index is 5.65. The standard InChI is InChI=1S/C14H14BrNS/c15-12-6-7-14(11(10-12)8-9-16)17-13-4-2-1-3-5-13/h1-7,10H,8-9,16H2. The molecule has 0 aliphatic heterocycles. The fourth-order valence-corrected chi connectivity index (χ4v) is 3.00. The summed E-state index contributed by atoms with van der Waals surface area (Å²) in [6.07, 6.45) is 0.911. The van der Waals surface area contributed by atoms with E-state index in [1.807, 2.05) is 6.07 Å². The second-order valence-corrected chi connectivity index (χ2v) is 5.74. The molecule has 0 fully saturated rings. The highest BCUT2D eigenvalue weighted by Gasteiger charge is 2.04. The summed E-state index contributed by atoms with van der Waals surface area (Å²) in [7, 11) is 0. The van der Waals surface area contributed by atoms with Gasteiger partial charge in [0.25, 0.3) is 0 Å². The highest BCUT2D eigenvalue weighted by Crippen LogP contribution is 2.32. The van der Waals surface area contributed by atoms with E-state index in [0.29, 0.717) is 6.54 Å². The van der Waals surface area contributed by atoms with Gasteiger partial charge in [0, 0.05) is 14.3 Å². The van der Waals surface area contributed by atoms with Crippen molar-refractivity contribution < 1.29 is 0 Å². The van der Waals surface area contributed by atoms with Crippen LogP contribution in [0, 0.1) is 0 Å². The van der Waals surface area contributed by atoms with E-state index in [-0.39, 0.29) is 0 Å². The quantitative estimate of drug-likeness (QED) is 0.920. The van der Waals surface area contributed by atoms with Crippen molar-refractivity contribution in [1.29, 1.82) is 0 Å². The Morgan fingerprint density at radius 1 is 1.06 bits per heavy atom. The molecular weight excluding hydrogens is 294 g/mol. The Morgan fingerprint density at radius 3 is 2.53 bits per heavy atom. The molecule has 0 atom stereocenters. The Hall–Kier alpha value is -0.770. The molecule has 2 rings (SSSR count). The third kappa shape index (κ3) is 3.60. The highest BCUT2D eigenvalue weighted by atomic mass is 79.9. The van der Waals surface area contributed by atoms with Gasteiger partial charge in [0.1, 0.15) is 0 Å². The minimum atomic E-state index is 0.679. The van der Waals surface area contributed by atoms with Crippen LogP contribution < -0.4 is 5.73 Å². The number of hydrogen-bond acceptors (Lipinski definition) is 2. The van der Waals surface area contributed by atoms with Crippen LogP contribution in [0.3, 0.4) is 0 Å². The molecular formula is C14H14BrNS. The van der Waals surface area contributed by atoms with Crippen LogP contribution in [0.25, 0.3) is 0 Å². The normalized spacial score (nSPS) is 10.5. The van der Waals surface area contributed by atoms with E-state index in [9.17, 15) is 0 Å². The smallest absolute Gasteiger partial charge is 0.0178 e. The van der Waals surface area contributed by atoms with E-state index >= 15 is 0 Å². The van der Waals surface area contributed by atoms with Crippen molar-refractivity contribution >= 4 is 27.7 Å². The van der Waals surface area contributed by atoms with Gasteiger partial charge in [-0.3, -0.25) is 0 Å². The topological polar surface area (TPSA) is 26.0 Å². The van der Waals surface area contributed by atoms with E-state index in [4.69, 9.17) is 5.73 Å². The molecule has 0 aliphatic rings. The van der Waals surface area contributed by atoms with Gasteiger partial charge in [-0.05, 0) is 48.9 Å². The molecule has 0 aliphatic carbocycles. The van der Waals surface area contributed by atoms with Gasteiger partial charge in [-0.2, -0.15) is 0 Å². The summed E-state index contributed by atoms with van der Waals surface area (Å²) in [5.74, 6) is 0. The van der Waals surface area contributed by atoms with Crippen molar-refractivity contribution in [3.8, 4) is 0 Å². The maximum atomic E-state index is 5.65. The molecule has 2 aromatic rings. The van der Waals surface area contributed by atoms with Crippen molar-refractivity contribution in [1.82, 2.24) is 0 Å². The first-order valence-corrected chi connectivity index (χ1v) is 7.12. The van der Waals surface area contributed by atoms with E-state index in [1.165, 1.54) is 15.4 Å². The van der Waals surface area contributed by atoms with Crippen LogP contribution >= 0.6 is 27.7 Å². The molecule has 0 spiro atoms. The average molecular weight is 308 g/mol. The molecule has 2 N–H and O–H groups in total. The van der Waals surface area contributed by atoms with Gasteiger partial charge in [0.15, 0.2) is 0 Å². The molecule has 0 bridgehead atoms. The lowest BCUT2D eigenvalue weighted by Crippen LogP contribution is -2.03. The lowest BCUT2D eigenvalue weighted by Gasteiger charge is -2.09. The predicted octanol–water partition coefficient (Wildman–Crippen LogP) is 4.10. The predicted molar refractivity (Wildman–Crippen MR) is 77.5 cm³/mol. The molecule has 2 aromatic carbocycles. The SMILES string of the molecule is NCCc1cc(Br)ccc1Sc1ccccc1. The molecule has 0 amide bonds. The van der Waals surface area contributed by atoms with Crippen LogP contribution in [0.15, 0.2) is 62.8 Å². The Labute approximate surface area is 115 Å². The van der Waals surface area contributed by atoms with E-state index in [0.717, 1.165) is 10.9 Å². The number of hydrogen-bond donors (Lipinski definition) is 1. The van der Waals surface area contributed by atoms with E-state index in [1.54, 1.807) is 11.8 Å². The highest BCUT2D eigenvalue weighted by molar-refractivity contribution is 9.10. The second kappa shape index (κ2) is 6.24. The van der Waals surface area contributed by atoms with Crippen LogP contribution in [0.5, 0.6) is 0 Å². The Balaban J connectivity index is 2.26. The first kappa shape index (κ1) is 12.7. The summed E-state index contributed by atoms with van der Waals surface area (Å²) in [6, 6.07) is 16.8. The Kier molecular flexibility index (Phi) is 4.66. The monoisotopic (exact) mass is 307 g/mol. The molecule has 0 aromatic heterocycles. The number of halogens is 1. The van der Waals surface area contributed by atoms with Gasteiger partial charge in [-0.25, -0.2) is 0 Å². The van der Waals surface area contributed by atoms with Crippen LogP contribution in [0.2, 0.25) is 0 Å². The molecule has 17 heavy (non-hydrogen) atoms. The van der Waals surface area contributed by atoms with Crippen LogP contribution in [0.4, 0.5) is 0 Å². The third-order valence-corrected chi connectivity index (χ3v) is 4.03. The zero-order valence-corrected chi connectivity index (χ0v) is 11.8.